The number of nitrogens with one attached hydrogen (secondary N) is 1. The average Bonchev–Trinajstić information content (AvgIpc) is 2.74. The molecule has 0 aliphatic heterocycles. The molecule has 0 saturated carbocycles. The summed E-state index contributed by atoms with van der Waals surface area (Å²) in [5, 5.41) is 3.00. The molecule has 1 N–H and O–H groups in total. The van der Waals surface area contributed by atoms with Crippen molar-refractivity contribution in [2.75, 3.05) is 0 Å². The summed E-state index contributed by atoms with van der Waals surface area (Å²) in [6.07, 6.45) is 2.26. The molecule has 0 radical (unpaired) electrons. The molecule has 0 heterocycles. The van der Waals surface area contributed by atoms with Crippen LogP contribution < -0.4 is 5.32 Å². The fourth-order valence-electron chi connectivity index (χ4n) is 3.30. The van der Waals surface area contributed by atoms with Crippen molar-refractivity contribution in [2.24, 2.45) is 0 Å². The van der Waals surface area contributed by atoms with Crippen LogP contribution in [0.4, 0.5) is 4.39 Å². The van der Waals surface area contributed by atoms with Crippen molar-refractivity contribution in [3.8, 4) is 0 Å². The Kier molecular flexibility index (Phi) is 9.03. The first kappa shape index (κ1) is 23.6. The lowest BCUT2D eigenvalue weighted by atomic mass is 10.0. The van der Waals surface area contributed by atoms with E-state index in [1.807, 2.05) is 52.0 Å². The topological polar surface area (TPSA) is 49.4 Å². The number of aryl methyl sites for hydroxylation is 2. The molecule has 30 heavy (non-hydrogen) atoms. The quantitative estimate of drug-likeness (QED) is 0.610. The van der Waals surface area contributed by atoms with Gasteiger partial charge >= 0.3 is 0 Å². The number of nitrogens with zero attached hydrogens (tertiary/aromatic N) is 1. The number of rotatable bonds is 10. The molecule has 0 bridgehead atoms. The Labute approximate surface area is 179 Å². The van der Waals surface area contributed by atoms with Crippen molar-refractivity contribution >= 4 is 11.8 Å². The molecule has 2 atom stereocenters. The van der Waals surface area contributed by atoms with Crippen LogP contribution in [0.1, 0.15) is 56.7 Å². The molecular weight excluding hydrogens is 379 g/mol. The summed E-state index contributed by atoms with van der Waals surface area (Å²) in [5.74, 6) is -0.541. The monoisotopic (exact) mass is 412 g/mol. The maximum Gasteiger partial charge on any atom is 0.243 e. The highest BCUT2D eigenvalue weighted by molar-refractivity contribution is 5.87. The van der Waals surface area contributed by atoms with E-state index in [-0.39, 0.29) is 30.2 Å². The average molecular weight is 413 g/mol. The number of halogens is 1. The Morgan fingerprint density at radius 1 is 0.967 bits per heavy atom. The summed E-state index contributed by atoms with van der Waals surface area (Å²) in [7, 11) is 0. The predicted octanol–water partition coefficient (Wildman–Crippen LogP) is 4.79. The molecule has 0 spiro atoms. The van der Waals surface area contributed by atoms with Crippen LogP contribution in [0.2, 0.25) is 0 Å². The second-order valence-electron chi connectivity index (χ2n) is 7.88. The Morgan fingerprint density at radius 2 is 1.57 bits per heavy atom. The van der Waals surface area contributed by atoms with Gasteiger partial charge in [-0.15, -0.1) is 0 Å². The van der Waals surface area contributed by atoms with Crippen LogP contribution in [-0.2, 0) is 22.6 Å². The zero-order valence-electron chi connectivity index (χ0n) is 18.5. The zero-order chi connectivity index (χ0) is 22.1. The molecule has 0 aromatic heterocycles. The number of hydrogen-bond donors (Lipinski definition) is 1. The first-order valence-corrected chi connectivity index (χ1v) is 10.7. The number of amides is 2. The van der Waals surface area contributed by atoms with Gasteiger partial charge in [-0.25, -0.2) is 4.39 Å². The third-order valence-electron chi connectivity index (χ3n) is 5.40. The highest BCUT2D eigenvalue weighted by Crippen LogP contribution is 2.16. The Bertz CT molecular complexity index is 818. The van der Waals surface area contributed by atoms with Crippen LogP contribution in [0.15, 0.2) is 48.5 Å². The van der Waals surface area contributed by atoms with E-state index >= 15 is 0 Å². The Balaban J connectivity index is 2.19. The molecule has 0 aliphatic rings. The lowest BCUT2D eigenvalue weighted by molar-refractivity contribution is -0.141. The standard InChI is InChI=1S/C25H33FN2O2/c1-5-19(4)27-25(30)23(6-2)28(17-21-11-14-22(26)15-12-21)24(29)16-13-20-9-7-18(3)8-10-20/h7-12,14-15,19,23H,5-6,13,16-17H2,1-4H3,(H,27,30)/t19-,23+/m1/s1. The van der Waals surface area contributed by atoms with E-state index in [1.54, 1.807) is 17.0 Å². The van der Waals surface area contributed by atoms with Gasteiger partial charge in [0.25, 0.3) is 0 Å². The summed E-state index contributed by atoms with van der Waals surface area (Å²) in [5.41, 5.74) is 3.07. The molecule has 2 amide bonds. The van der Waals surface area contributed by atoms with E-state index in [9.17, 15) is 14.0 Å². The highest BCUT2D eigenvalue weighted by Gasteiger charge is 2.29. The molecule has 4 nitrogen and oxygen atoms in total. The van der Waals surface area contributed by atoms with E-state index in [4.69, 9.17) is 0 Å². The lowest BCUT2D eigenvalue weighted by Crippen LogP contribution is -2.50. The maximum absolute atomic E-state index is 13.3. The molecular formula is C25H33FN2O2. The molecule has 0 aliphatic carbocycles. The summed E-state index contributed by atoms with van der Waals surface area (Å²) < 4.78 is 13.3. The Morgan fingerprint density at radius 3 is 2.13 bits per heavy atom. The molecule has 162 valence electrons. The van der Waals surface area contributed by atoms with Gasteiger partial charge < -0.3 is 10.2 Å². The summed E-state index contributed by atoms with van der Waals surface area (Å²) >= 11 is 0. The van der Waals surface area contributed by atoms with Gasteiger partial charge in [-0.05, 0) is 56.4 Å². The van der Waals surface area contributed by atoms with Crippen LogP contribution in [-0.4, -0.2) is 28.8 Å². The molecule has 2 aromatic carbocycles. The molecule has 0 unspecified atom stereocenters. The predicted molar refractivity (Wildman–Crippen MR) is 118 cm³/mol. The maximum atomic E-state index is 13.3. The van der Waals surface area contributed by atoms with Crippen LogP contribution in [0, 0.1) is 12.7 Å². The van der Waals surface area contributed by atoms with Gasteiger partial charge in [0.05, 0.1) is 0 Å². The van der Waals surface area contributed by atoms with Crippen molar-refractivity contribution in [3.63, 3.8) is 0 Å². The summed E-state index contributed by atoms with van der Waals surface area (Å²) in [4.78, 5) is 27.7. The van der Waals surface area contributed by atoms with E-state index in [2.05, 4.69) is 5.32 Å². The Hall–Kier alpha value is -2.69. The number of hydrogen-bond acceptors (Lipinski definition) is 2. The van der Waals surface area contributed by atoms with Crippen molar-refractivity contribution < 1.29 is 14.0 Å². The van der Waals surface area contributed by atoms with Crippen LogP contribution in [0.5, 0.6) is 0 Å². The first-order chi connectivity index (χ1) is 14.3. The second kappa shape index (κ2) is 11.5. The highest BCUT2D eigenvalue weighted by atomic mass is 19.1. The SMILES string of the molecule is CC[C@@H](C)NC(=O)[C@H](CC)N(Cc1ccc(F)cc1)C(=O)CCc1ccc(C)cc1. The lowest BCUT2D eigenvalue weighted by Gasteiger charge is -2.31. The van der Waals surface area contributed by atoms with Crippen molar-refractivity contribution in [2.45, 2.75) is 72.0 Å². The van der Waals surface area contributed by atoms with Gasteiger partial charge in [0.2, 0.25) is 11.8 Å². The molecule has 0 fully saturated rings. The zero-order valence-corrected chi connectivity index (χ0v) is 18.5. The van der Waals surface area contributed by atoms with Crippen LogP contribution in [0.25, 0.3) is 0 Å². The van der Waals surface area contributed by atoms with E-state index in [1.165, 1.54) is 17.7 Å². The molecule has 5 heteroatoms. The largest absolute Gasteiger partial charge is 0.352 e. The van der Waals surface area contributed by atoms with Gasteiger partial charge in [-0.2, -0.15) is 0 Å². The smallest absolute Gasteiger partial charge is 0.243 e. The summed E-state index contributed by atoms with van der Waals surface area (Å²) in [6, 6.07) is 13.7. The molecule has 2 aromatic rings. The first-order valence-electron chi connectivity index (χ1n) is 10.7. The van der Waals surface area contributed by atoms with Gasteiger partial charge in [-0.3, -0.25) is 9.59 Å². The minimum Gasteiger partial charge on any atom is -0.352 e. The third-order valence-corrected chi connectivity index (χ3v) is 5.40. The van der Waals surface area contributed by atoms with Gasteiger partial charge in [0.15, 0.2) is 0 Å². The van der Waals surface area contributed by atoms with Gasteiger partial charge in [-0.1, -0.05) is 55.8 Å². The van der Waals surface area contributed by atoms with Crippen LogP contribution in [0.3, 0.4) is 0 Å². The van der Waals surface area contributed by atoms with Gasteiger partial charge in [0.1, 0.15) is 11.9 Å². The minimum atomic E-state index is -0.561. The van der Waals surface area contributed by atoms with E-state index in [0.29, 0.717) is 19.3 Å². The van der Waals surface area contributed by atoms with Crippen LogP contribution >= 0.6 is 0 Å². The van der Waals surface area contributed by atoms with Crippen molar-refractivity contribution in [3.05, 3.63) is 71.0 Å². The van der Waals surface area contributed by atoms with E-state index in [0.717, 1.165) is 17.5 Å². The number of carbonyl (C=O) groups excluding carboxylic acids is 2. The summed E-state index contributed by atoms with van der Waals surface area (Å²) in [6.45, 7) is 8.18. The second-order valence-corrected chi connectivity index (χ2v) is 7.88. The van der Waals surface area contributed by atoms with Crippen molar-refractivity contribution in [1.29, 1.82) is 0 Å². The normalized spacial score (nSPS) is 12.8. The molecule has 0 saturated heterocycles. The van der Waals surface area contributed by atoms with Crippen molar-refractivity contribution in [1.82, 2.24) is 10.2 Å². The fourth-order valence-corrected chi connectivity index (χ4v) is 3.30. The van der Waals surface area contributed by atoms with E-state index < -0.39 is 6.04 Å². The minimum absolute atomic E-state index is 0.0434. The molecule has 2 rings (SSSR count). The fraction of sp³-hybridized carbons (Fsp3) is 0.440. The third kappa shape index (κ3) is 6.97. The number of benzene rings is 2. The number of carbonyl (C=O) groups is 2. The van der Waals surface area contributed by atoms with Gasteiger partial charge in [0, 0.05) is 19.0 Å².